The van der Waals surface area contributed by atoms with Gasteiger partial charge < -0.3 is 0 Å². The lowest BCUT2D eigenvalue weighted by Crippen LogP contribution is -2.29. The van der Waals surface area contributed by atoms with E-state index in [0.29, 0.717) is 5.69 Å². The first-order valence-corrected chi connectivity index (χ1v) is 8.95. The van der Waals surface area contributed by atoms with Crippen LogP contribution in [0.3, 0.4) is 0 Å². The molecular weight excluding hydrogens is 274 g/mol. The summed E-state index contributed by atoms with van der Waals surface area (Å²) < 4.78 is 49.2. The number of hydrogen-bond acceptors (Lipinski definition) is 4. The van der Waals surface area contributed by atoms with Crippen LogP contribution in [0.4, 0.5) is 5.69 Å². The Hall–Kier alpha value is -1.08. The van der Waals surface area contributed by atoms with Crippen LogP contribution in [0.25, 0.3) is 0 Å². The van der Waals surface area contributed by atoms with Gasteiger partial charge in [0, 0.05) is 0 Å². The Morgan fingerprint density at radius 2 is 1.94 bits per heavy atom. The van der Waals surface area contributed by atoms with Gasteiger partial charge in [-0.15, -0.1) is 0 Å². The highest BCUT2D eigenvalue weighted by Gasteiger charge is 2.37. The van der Waals surface area contributed by atoms with Crippen molar-refractivity contribution in [2.75, 3.05) is 16.2 Å². The average Bonchev–Trinajstić information content (AvgIpc) is 2.63. The van der Waals surface area contributed by atoms with Gasteiger partial charge >= 0.3 is 0 Å². The van der Waals surface area contributed by atoms with Crippen molar-refractivity contribution in [2.45, 2.75) is 18.6 Å². The molecule has 1 N–H and O–H groups in total. The normalized spacial score (nSPS) is 22.8. The van der Waals surface area contributed by atoms with E-state index in [4.69, 9.17) is 0 Å². The zero-order valence-electron chi connectivity index (χ0n) is 9.96. The Morgan fingerprint density at radius 1 is 1.28 bits per heavy atom. The summed E-state index contributed by atoms with van der Waals surface area (Å²) in [5.74, 6) is -0.333. The summed E-state index contributed by atoms with van der Waals surface area (Å²) in [5.41, 5.74) is 1.31. The first-order chi connectivity index (χ1) is 8.30. The summed E-state index contributed by atoms with van der Waals surface area (Å²) in [4.78, 5) is 0. The van der Waals surface area contributed by atoms with Crippen LogP contribution >= 0.6 is 0 Å². The smallest absolute Gasteiger partial charge is 0.236 e. The van der Waals surface area contributed by atoms with Gasteiger partial charge in [-0.25, -0.2) is 16.8 Å². The van der Waals surface area contributed by atoms with E-state index < -0.39 is 25.1 Å². The van der Waals surface area contributed by atoms with Gasteiger partial charge in [0.25, 0.3) is 0 Å². The Bertz CT molecular complexity index is 649. The molecule has 5 nitrogen and oxygen atoms in total. The summed E-state index contributed by atoms with van der Waals surface area (Å²) in [5, 5.41) is -0.845. The van der Waals surface area contributed by atoms with E-state index in [9.17, 15) is 16.8 Å². The molecule has 0 saturated carbocycles. The molecule has 1 atom stereocenters. The third-order valence-corrected chi connectivity index (χ3v) is 6.79. The highest BCUT2D eigenvalue weighted by Crippen LogP contribution is 2.22. The average molecular weight is 289 g/mol. The second-order valence-corrected chi connectivity index (χ2v) is 8.68. The number of anilines is 1. The molecule has 1 saturated heterocycles. The number of sulfone groups is 1. The fourth-order valence-electron chi connectivity index (χ4n) is 1.93. The molecule has 100 valence electrons. The van der Waals surface area contributed by atoms with Gasteiger partial charge in [-0.1, -0.05) is 18.2 Å². The zero-order valence-corrected chi connectivity index (χ0v) is 11.6. The molecule has 0 radical (unpaired) electrons. The van der Waals surface area contributed by atoms with E-state index in [1.54, 1.807) is 25.1 Å². The van der Waals surface area contributed by atoms with Crippen molar-refractivity contribution >= 4 is 25.5 Å². The van der Waals surface area contributed by atoms with Gasteiger partial charge in [0.2, 0.25) is 10.0 Å². The lowest BCUT2D eigenvalue weighted by molar-refractivity contribution is 0.587. The zero-order chi connectivity index (χ0) is 13.4. The molecule has 18 heavy (non-hydrogen) atoms. The number of hydrogen-bond donors (Lipinski definition) is 1. The van der Waals surface area contributed by atoms with E-state index in [0.717, 1.165) is 5.56 Å². The number of sulfonamides is 1. The molecule has 0 amide bonds. The molecule has 2 rings (SSSR count). The molecule has 0 aliphatic carbocycles. The molecule has 0 spiro atoms. The van der Waals surface area contributed by atoms with Crippen LogP contribution in [-0.4, -0.2) is 33.6 Å². The summed E-state index contributed by atoms with van der Waals surface area (Å²) in [6, 6.07) is 7.00. The van der Waals surface area contributed by atoms with Gasteiger partial charge in [0.05, 0.1) is 22.4 Å². The lowest BCUT2D eigenvalue weighted by Gasteiger charge is -2.14. The minimum atomic E-state index is -3.64. The molecule has 1 fully saturated rings. The molecule has 1 aromatic carbocycles. The summed E-state index contributed by atoms with van der Waals surface area (Å²) in [6.45, 7) is 1.79. The predicted molar refractivity (Wildman–Crippen MR) is 70.8 cm³/mol. The minimum absolute atomic E-state index is 0.0493. The maximum Gasteiger partial charge on any atom is 0.236 e. The highest BCUT2D eigenvalue weighted by atomic mass is 32.2. The van der Waals surface area contributed by atoms with E-state index in [1.165, 1.54) is 0 Å². The standard InChI is InChI=1S/C11H15NO4S2/c1-9-4-2-3-5-11(9)12-18(15,16)10-6-7-17(13,14)8-10/h2-5,10,12H,6-8H2,1H3. The van der Waals surface area contributed by atoms with E-state index >= 15 is 0 Å². The van der Waals surface area contributed by atoms with Crippen molar-refractivity contribution in [3.63, 3.8) is 0 Å². The summed E-state index contributed by atoms with van der Waals surface area (Å²) in [6.07, 6.45) is 0.170. The fourth-order valence-corrected chi connectivity index (χ4v) is 6.09. The largest absolute Gasteiger partial charge is 0.283 e. The lowest BCUT2D eigenvalue weighted by atomic mass is 10.2. The Kier molecular flexibility index (Phi) is 3.37. The second-order valence-electron chi connectivity index (χ2n) is 4.49. The predicted octanol–water partition coefficient (Wildman–Crippen LogP) is 0.924. The minimum Gasteiger partial charge on any atom is -0.283 e. The summed E-state index contributed by atoms with van der Waals surface area (Å²) >= 11 is 0. The Balaban J connectivity index is 2.21. The van der Waals surface area contributed by atoms with E-state index in [1.807, 2.05) is 6.07 Å². The van der Waals surface area contributed by atoms with E-state index in [2.05, 4.69) is 4.72 Å². The quantitative estimate of drug-likeness (QED) is 0.897. The van der Waals surface area contributed by atoms with Gasteiger partial charge in [0.15, 0.2) is 9.84 Å². The first-order valence-electron chi connectivity index (χ1n) is 5.58. The Labute approximate surface area is 107 Å². The Morgan fingerprint density at radius 3 is 2.50 bits per heavy atom. The molecule has 1 aliphatic heterocycles. The van der Waals surface area contributed by atoms with Gasteiger partial charge in [0.1, 0.15) is 0 Å². The summed E-state index contributed by atoms with van der Waals surface area (Å²) in [7, 11) is -6.84. The van der Waals surface area contributed by atoms with Crippen molar-refractivity contribution < 1.29 is 16.8 Å². The second kappa shape index (κ2) is 4.55. The number of benzene rings is 1. The number of aryl methyl sites for hydroxylation is 1. The van der Waals surface area contributed by atoms with Gasteiger partial charge in [-0.2, -0.15) is 0 Å². The maximum absolute atomic E-state index is 12.1. The van der Waals surface area contributed by atoms with Crippen molar-refractivity contribution in [1.29, 1.82) is 0 Å². The third kappa shape index (κ3) is 2.84. The van der Waals surface area contributed by atoms with Gasteiger partial charge in [-0.05, 0) is 25.0 Å². The molecule has 1 aromatic rings. The molecular formula is C11H15NO4S2. The molecule has 0 bridgehead atoms. The van der Waals surface area contributed by atoms with E-state index in [-0.39, 0.29) is 17.9 Å². The molecule has 0 aromatic heterocycles. The van der Waals surface area contributed by atoms with Crippen molar-refractivity contribution in [3.05, 3.63) is 29.8 Å². The van der Waals surface area contributed by atoms with Crippen LogP contribution in [0, 0.1) is 6.92 Å². The molecule has 1 heterocycles. The number of para-hydroxylation sites is 1. The molecule has 7 heteroatoms. The third-order valence-electron chi connectivity index (χ3n) is 3.03. The fraction of sp³-hybridized carbons (Fsp3) is 0.455. The van der Waals surface area contributed by atoms with Crippen LogP contribution in [0.15, 0.2) is 24.3 Å². The topological polar surface area (TPSA) is 80.3 Å². The number of nitrogens with one attached hydrogen (secondary N) is 1. The first kappa shape index (κ1) is 13.4. The van der Waals surface area contributed by atoms with Gasteiger partial charge in [-0.3, -0.25) is 4.72 Å². The van der Waals surface area contributed by atoms with Crippen LogP contribution < -0.4 is 4.72 Å². The maximum atomic E-state index is 12.1. The van der Waals surface area contributed by atoms with Crippen molar-refractivity contribution in [2.24, 2.45) is 0 Å². The van der Waals surface area contributed by atoms with Crippen molar-refractivity contribution in [3.8, 4) is 0 Å². The van der Waals surface area contributed by atoms with Crippen molar-refractivity contribution in [1.82, 2.24) is 0 Å². The number of rotatable bonds is 3. The monoisotopic (exact) mass is 289 g/mol. The molecule has 1 unspecified atom stereocenters. The SMILES string of the molecule is Cc1ccccc1NS(=O)(=O)C1CCS(=O)(=O)C1. The van der Waals surface area contributed by atoms with Crippen LogP contribution in [-0.2, 0) is 19.9 Å². The van der Waals surface area contributed by atoms with Crippen LogP contribution in [0.1, 0.15) is 12.0 Å². The van der Waals surface area contributed by atoms with Crippen LogP contribution in [0.2, 0.25) is 0 Å². The highest BCUT2D eigenvalue weighted by molar-refractivity contribution is 7.97. The molecule has 1 aliphatic rings. The van der Waals surface area contributed by atoms with Crippen LogP contribution in [0.5, 0.6) is 0 Å².